The summed E-state index contributed by atoms with van der Waals surface area (Å²) in [5.74, 6) is 0.978. The van der Waals surface area contributed by atoms with Gasteiger partial charge in [0.2, 0.25) is 0 Å². The highest BCUT2D eigenvalue weighted by Crippen LogP contribution is 2.31. The van der Waals surface area contributed by atoms with Crippen LogP contribution in [0.4, 0.5) is 0 Å². The largest absolute Gasteiger partial charge is 0.501 e. The molecule has 0 fully saturated rings. The lowest BCUT2D eigenvalue weighted by atomic mass is 9.89. The lowest BCUT2D eigenvalue weighted by Crippen LogP contribution is -2.24. The molecule has 5 rings (SSSR count). The number of hydrogen-bond acceptors (Lipinski definition) is 3. The molecule has 0 amide bonds. The van der Waals surface area contributed by atoms with Gasteiger partial charge in [-0.1, -0.05) is 30.4 Å². The molecule has 3 aliphatic rings. The van der Waals surface area contributed by atoms with Crippen molar-refractivity contribution < 1.29 is 4.74 Å². The fourth-order valence-corrected chi connectivity index (χ4v) is 4.86. The van der Waals surface area contributed by atoms with Gasteiger partial charge < -0.3 is 9.30 Å². The van der Waals surface area contributed by atoms with Crippen molar-refractivity contribution >= 4 is 5.57 Å². The molecule has 5 nitrogen and oxygen atoms in total. The molecule has 2 aromatic rings. The maximum absolute atomic E-state index is 13.0. The first-order chi connectivity index (χ1) is 16.6. The minimum absolute atomic E-state index is 0.0287. The quantitative estimate of drug-likeness (QED) is 0.568. The van der Waals surface area contributed by atoms with Crippen LogP contribution in [0.1, 0.15) is 44.1 Å². The lowest BCUT2D eigenvalue weighted by molar-refractivity contribution is 0.275. The van der Waals surface area contributed by atoms with Gasteiger partial charge >= 0.3 is 5.69 Å². The van der Waals surface area contributed by atoms with E-state index in [1.807, 2.05) is 23.0 Å². The molecule has 0 N–H and O–H groups in total. The maximum atomic E-state index is 13.0. The molecule has 5 heteroatoms. The Morgan fingerprint density at radius 1 is 1.06 bits per heavy atom. The van der Waals surface area contributed by atoms with Gasteiger partial charge in [-0.15, -0.1) is 0 Å². The number of rotatable bonds is 5. The molecule has 0 aliphatic heterocycles. The Labute approximate surface area is 200 Å². The van der Waals surface area contributed by atoms with E-state index >= 15 is 0 Å². The molecule has 34 heavy (non-hydrogen) atoms. The minimum atomic E-state index is -0.0287. The van der Waals surface area contributed by atoms with Gasteiger partial charge in [0.05, 0.1) is 24.3 Å². The zero-order valence-electron chi connectivity index (χ0n) is 20.0. The second-order valence-electron chi connectivity index (χ2n) is 9.09. The number of aryl methyl sites for hydroxylation is 1. The van der Waals surface area contributed by atoms with Crippen molar-refractivity contribution in [2.45, 2.75) is 45.1 Å². The van der Waals surface area contributed by atoms with Gasteiger partial charge in [-0.2, -0.15) is 0 Å². The molecule has 0 radical (unpaired) electrons. The summed E-state index contributed by atoms with van der Waals surface area (Å²) in [7, 11) is 3.50. The number of nitrogens with zero attached hydrogens (tertiary/aromatic N) is 3. The first-order valence-electron chi connectivity index (χ1n) is 12.1. The average molecular weight is 454 g/mol. The fraction of sp³-hybridized carbons (Fsp3) is 0.310. The Kier molecular flexibility index (Phi) is 6.35. The molecule has 0 bridgehead atoms. The maximum Gasteiger partial charge on any atom is 0.328 e. The molecule has 0 saturated carbocycles. The normalized spacial score (nSPS) is 18.0. The van der Waals surface area contributed by atoms with E-state index in [0.29, 0.717) is 6.54 Å². The molecular formula is C29H31N3O2. The predicted molar refractivity (Wildman–Crippen MR) is 137 cm³/mol. The van der Waals surface area contributed by atoms with Crippen molar-refractivity contribution in [3.63, 3.8) is 0 Å². The van der Waals surface area contributed by atoms with Gasteiger partial charge in [-0.25, -0.2) is 4.79 Å². The van der Waals surface area contributed by atoms with E-state index in [-0.39, 0.29) is 5.69 Å². The Morgan fingerprint density at radius 2 is 1.94 bits per heavy atom. The van der Waals surface area contributed by atoms with Crippen molar-refractivity contribution in [2.75, 3.05) is 7.11 Å². The smallest absolute Gasteiger partial charge is 0.328 e. The number of methoxy groups -OCH3 is 1. The monoisotopic (exact) mass is 453 g/mol. The average Bonchev–Trinajstić information content (AvgIpc) is 3.13. The lowest BCUT2D eigenvalue weighted by Gasteiger charge is -2.17. The van der Waals surface area contributed by atoms with Crippen LogP contribution in [-0.2, 0) is 18.3 Å². The number of imidazole rings is 1. The summed E-state index contributed by atoms with van der Waals surface area (Å²) in [6.45, 7) is 0.556. The summed E-state index contributed by atoms with van der Waals surface area (Å²) in [5.41, 5.74) is 7.94. The van der Waals surface area contributed by atoms with Crippen LogP contribution in [0.3, 0.4) is 0 Å². The Balaban J connectivity index is 1.50. The summed E-state index contributed by atoms with van der Waals surface area (Å²) < 4.78 is 8.82. The molecule has 0 spiro atoms. The van der Waals surface area contributed by atoms with Gasteiger partial charge in [0.15, 0.2) is 0 Å². The van der Waals surface area contributed by atoms with Crippen LogP contribution in [0.25, 0.3) is 17.0 Å². The summed E-state index contributed by atoms with van der Waals surface area (Å²) in [5, 5.41) is 0. The summed E-state index contributed by atoms with van der Waals surface area (Å²) in [4.78, 5) is 17.6. The van der Waals surface area contributed by atoms with Gasteiger partial charge in [0, 0.05) is 32.4 Å². The zero-order chi connectivity index (χ0) is 23.5. The minimum Gasteiger partial charge on any atom is -0.501 e. The zero-order valence-corrected chi connectivity index (χ0v) is 20.0. The molecular weight excluding hydrogens is 422 g/mol. The standard InChI is InChI=1S/C29H31N3O2/c1-31-20-28(32(29(31)33)19-21-11-13-26(34-2)14-12-21)27-18-25(15-16-30-27)24-10-6-4-8-22-7-3-5-9-23(22)17-24/h5,8-11,13,15-18,20H,3-4,6-7,12,14,19H2,1-2H3. The predicted octanol–water partition coefficient (Wildman–Crippen LogP) is 5.88. The Bertz CT molecular complexity index is 1340. The third-order valence-corrected chi connectivity index (χ3v) is 6.80. The number of aromatic nitrogens is 3. The number of allylic oxidation sites excluding steroid dienone is 12. The SMILES string of the molecule is COC1=CC=C(Cn2c(-c3cc(C4=CCCC=C5CCC=CC5=C4)ccn3)cn(C)c2=O)CC1. The first-order valence-corrected chi connectivity index (χ1v) is 12.1. The highest BCUT2D eigenvalue weighted by atomic mass is 16.5. The molecule has 0 unspecified atom stereocenters. The number of hydrogen-bond donors (Lipinski definition) is 0. The van der Waals surface area contributed by atoms with Gasteiger partial charge in [-0.05, 0) is 84.2 Å². The summed E-state index contributed by atoms with van der Waals surface area (Å²) >= 11 is 0. The molecule has 0 saturated heterocycles. The van der Waals surface area contributed by atoms with Crippen molar-refractivity contribution in [3.8, 4) is 11.4 Å². The molecule has 0 atom stereocenters. The van der Waals surface area contributed by atoms with E-state index < -0.39 is 0 Å². The van der Waals surface area contributed by atoms with E-state index in [9.17, 15) is 4.79 Å². The topological polar surface area (TPSA) is 49.0 Å². The van der Waals surface area contributed by atoms with Crippen LogP contribution in [0.5, 0.6) is 0 Å². The van der Waals surface area contributed by atoms with Crippen molar-refractivity contribution in [3.05, 3.63) is 106 Å². The number of fused-ring (bicyclic) bond motifs is 1. The van der Waals surface area contributed by atoms with Crippen LogP contribution in [-0.4, -0.2) is 21.2 Å². The highest BCUT2D eigenvalue weighted by molar-refractivity contribution is 5.78. The van der Waals surface area contributed by atoms with Crippen molar-refractivity contribution in [1.29, 1.82) is 0 Å². The van der Waals surface area contributed by atoms with Gasteiger partial charge in [0.1, 0.15) is 0 Å². The third-order valence-electron chi connectivity index (χ3n) is 6.80. The van der Waals surface area contributed by atoms with Crippen molar-refractivity contribution in [2.24, 2.45) is 7.05 Å². The Morgan fingerprint density at radius 3 is 2.76 bits per heavy atom. The van der Waals surface area contributed by atoms with Gasteiger partial charge in [0.25, 0.3) is 0 Å². The van der Waals surface area contributed by atoms with Crippen LogP contribution in [0.2, 0.25) is 0 Å². The summed E-state index contributed by atoms with van der Waals surface area (Å²) in [6, 6.07) is 4.18. The summed E-state index contributed by atoms with van der Waals surface area (Å²) in [6.07, 6.45) is 25.4. The van der Waals surface area contributed by atoms with E-state index in [2.05, 4.69) is 53.6 Å². The highest BCUT2D eigenvalue weighted by Gasteiger charge is 2.17. The van der Waals surface area contributed by atoms with E-state index in [1.54, 1.807) is 18.7 Å². The second kappa shape index (κ2) is 9.72. The second-order valence-corrected chi connectivity index (χ2v) is 9.09. The third kappa shape index (κ3) is 4.56. The van der Waals surface area contributed by atoms with E-state index in [4.69, 9.17) is 4.74 Å². The molecule has 3 aliphatic carbocycles. The van der Waals surface area contributed by atoms with Crippen molar-refractivity contribution in [1.82, 2.24) is 14.1 Å². The van der Waals surface area contributed by atoms with Crippen LogP contribution < -0.4 is 5.69 Å². The van der Waals surface area contributed by atoms with Gasteiger partial charge in [-0.3, -0.25) is 9.55 Å². The number of pyridine rings is 1. The van der Waals surface area contributed by atoms with Crippen LogP contribution in [0, 0.1) is 0 Å². The van der Waals surface area contributed by atoms with Crippen LogP contribution >= 0.6 is 0 Å². The van der Waals surface area contributed by atoms with Crippen LogP contribution in [0.15, 0.2) is 94.3 Å². The fourth-order valence-electron chi connectivity index (χ4n) is 4.86. The van der Waals surface area contributed by atoms with E-state index in [0.717, 1.165) is 61.2 Å². The molecule has 174 valence electrons. The number of ether oxygens (including phenoxy) is 1. The van der Waals surface area contributed by atoms with E-state index in [1.165, 1.54) is 22.3 Å². The Hall–Kier alpha value is -3.60. The molecule has 2 heterocycles. The first kappa shape index (κ1) is 22.2. The molecule has 0 aromatic carbocycles. The molecule has 2 aromatic heterocycles.